The van der Waals surface area contributed by atoms with Gasteiger partial charge in [0.15, 0.2) is 0 Å². The van der Waals surface area contributed by atoms with Crippen LogP contribution in [0, 0.1) is 5.92 Å². The van der Waals surface area contributed by atoms with Gasteiger partial charge in [0.25, 0.3) is 0 Å². The molecule has 0 aliphatic heterocycles. The summed E-state index contributed by atoms with van der Waals surface area (Å²) >= 11 is 0. The van der Waals surface area contributed by atoms with Crippen molar-refractivity contribution in [1.82, 2.24) is 5.01 Å². The number of nitrogens with zero attached hydrogens (tertiary/aromatic N) is 2. The average Bonchev–Trinajstić information content (AvgIpc) is 2.60. The van der Waals surface area contributed by atoms with E-state index in [9.17, 15) is 0 Å². The monoisotopic (exact) mass is 268 g/mol. The van der Waals surface area contributed by atoms with E-state index >= 15 is 0 Å². The topological polar surface area (TPSA) is 24.8 Å². The Balaban J connectivity index is 2.63. The Morgan fingerprint density at radius 2 is 2.00 bits per heavy atom. The molecule has 1 rings (SSSR count). The van der Waals surface area contributed by atoms with Crippen molar-refractivity contribution in [3.05, 3.63) is 11.8 Å². The van der Waals surface area contributed by atoms with Crippen LogP contribution in [-0.4, -0.2) is 33.6 Å². The molecule has 0 saturated heterocycles. The lowest BCUT2D eigenvalue weighted by Crippen LogP contribution is -2.40. The van der Waals surface area contributed by atoms with E-state index in [4.69, 9.17) is 4.43 Å². The molecule has 0 N–H and O–H groups in total. The van der Waals surface area contributed by atoms with Crippen LogP contribution < -0.4 is 0 Å². The zero-order valence-electron chi connectivity index (χ0n) is 12.9. The minimum atomic E-state index is -1.67. The van der Waals surface area contributed by atoms with Crippen molar-refractivity contribution in [3.63, 3.8) is 0 Å². The largest absolute Gasteiger partial charge is 0.547 e. The van der Waals surface area contributed by atoms with E-state index in [-0.39, 0.29) is 5.04 Å². The van der Waals surface area contributed by atoms with E-state index < -0.39 is 8.32 Å². The summed E-state index contributed by atoms with van der Waals surface area (Å²) < 4.78 is 6.32. The number of hydrogen-bond acceptors (Lipinski definition) is 3. The molecule has 1 aliphatic rings. The van der Waals surface area contributed by atoms with Crippen LogP contribution in [0.3, 0.4) is 0 Å². The molecular formula is C14H28N2OSi. The molecule has 0 heterocycles. The van der Waals surface area contributed by atoms with E-state index in [1.165, 1.54) is 5.76 Å². The van der Waals surface area contributed by atoms with Crippen molar-refractivity contribution < 1.29 is 4.43 Å². The summed E-state index contributed by atoms with van der Waals surface area (Å²) in [7, 11) is 2.23. The molecule has 0 amide bonds. The second-order valence-corrected chi connectivity index (χ2v) is 11.5. The van der Waals surface area contributed by atoms with Crippen molar-refractivity contribution in [2.45, 2.75) is 51.7 Å². The summed E-state index contributed by atoms with van der Waals surface area (Å²) in [6.07, 6.45) is 6.44. The van der Waals surface area contributed by atoms with E-state index in [1.807, 2.05) is 25.3 Å². The SMILES string of the molecule is CN(C)/N=C/C1C=C(O[Si](C)(C)C(C)(C)C)CC1. The fraction of sp³-hybridized carbons (Fsp3) is 0.786. The van der Waals surface area contributed by atoms with Gasteiger partial charge in [-0.1, -0.05) is 20.8 Å². The van der Waals surface area contributed by atoms with E-state index in [1.54, 1.807) is 0 Å². The van der Waals surface area contributed by atoms with Gasteiger partial charge in [0, 0.05) is 32.6 Å². The number of allylic oxidation sites excluding steroid dienone is 2. The molecule has 0 aromatic carbocycles. The predicted molar refractivity (Wildman–Crippen MR) is 81.3 cm³/mol. The first-order chi connectivity index (χ1) is 8.12. The second-order valence-electron chi connectivity index (χ2n) is 6.81. The molecule has 1 atom stereocenters. The molecule has 3 nitrogen and oxygen atoms in total. The molecule has 0 radical (unpaired) electrons. The van der Waals surface area contributed by atoms with Crippen molar-refractivity contribution in [3.8, 4) is 0 Å². The van der Waals surface area contributed by atoms with Crippen molar-refractivity contribution in [1.29, 1.82) is 0 Å². The molecule has 1 unspecified atom stereocenters. The lowest BCUT2D eigenvalue weighted by molar-refractivity contribution is 0.373. The van der Waals surface area contributed by atoms with Crippen LogP contribution >= 0.6 is 0 Å². The van der Waals surface area contributed by atoms with Crippen LogP contribution in [0.25, 0.3) is 0 Å². The quantitative estimate of drug-likeness (QED) is 0.439. The fourth-order valence-corrected chi connectivity index (χ4v) is 2.75. The van der Waals surface area contributed by atoms with Gasteiger partial charge in [-0.25, -0.2) is 0 Å². The maximum absolute atomic E-state index is 6.32. The Hall–Kier alpha value is -0.773. The van der Waals surface area contributed by atoms with Gasteiger partial charge in [-0.3, -0.25) is 0 Å². The summed E-state index contributed by atoms with van der Waals surface area (Å²) in [6.45, 7) is 11.4. The standard InChI is InChI=1S/C14H28N2OSi/c1-14(2,3)18(6,7)17-13-9-8-12(10-13)11-15-16(4)5/h10-12H,8-9H2,1-7H3/b15-11+. The molecule has 0 saturated carbocycles. The highest BCUT2D eigenvalue weighted by Gasteiger charge is 2.39. The van der Waals surface area contributed by atoms with E-state index in [0.29, 0.717) is 5.92 Å². The fourth-order valence-electron chi connectivity index (χ4n) is 1.62. The first kappa shape index (κ1) is 15.3. The van der Waals surface area contributed by atoms with Gasteiger partial charge in [-0.15, -0.1) is 0 Å². The zero-order valence-corrected chi connectivity index (χ0v) is 13.9. The lowest BCUT2D eigenvalue weighted by atomic mass is 10.1. The third-order valence-corrected chi connectivity index (χ3v) is 8.19. The average molecular weight is 268 g/mol. The van der Waals surface area contributed by atoms with Crippen LogP contribution in [0.1, 0.15) is 33.6 Å². The third-order valence-electron chi connectivity index (χ3n) is 3.81. The Morgan fingerprint density at radius 3 is 2.50 bits per heavy atom. The summed E-state index contributed by atoms with van der Waals surface area (Å²) in [5, 5.41) is 6.41. The number of hydrogen-bond donors (Lipinski definition) is 0. The molecule has 0 bridgehead atoms. The molecule has 4 heteroatoms. The molecular weight excluding hydrogens is 240 g/mol. The molecule has 0 spiro atoms. The molecule has 0 aromatic rings. The summed E-state index contributed by atoms with van der Waals surface area (Å²) in [5.41, 5.74) is 0. The smallest absolute Gasteiger partial charge is 0.250 e. The zero-order chi connectivity index (χ0) is 14.0. The Bertz CT molecular complexity index is 340. The second kappa shape index (κ2) is 5.47. The number of hydrazone groups is 1. The first-order valence-corrected chi connectivity index (χ1v) is 9.64. The first-order valence-electron chi connectivity index (χ1n) is 6.73. The normalized spacial score (nSPS) is 21.3. The van der Waals surface area contributed by atoms with Crippen molar-refractivity contribution >= 4 is 14.5 Å². The maximum Gasteiger partial charge on any atom is 0.250 e. The van der Waals surface area contributed by atoms with Crippen molar-refractivity contribution in [2.24, 2.45) is 11.0 Å². The molecule has 0 aromatic heterocycles. The van der Waals surface area contributed by atoms with Gasteiger partial charge < -0.3 is 9.43 Å². The van der Waals surface area contributed by atoms with Crippen LogP contribution in [0.5, 0.6) is 0 Å². The molecule has 104 valence electrons. The van der Waals surface area contributed by atoms with Crippen LogP contribution in [0.2, 0.25) is 18.1 Å². The summed E-state index contributed by atoms with van der Waals surface area (Å²) in [4.78, 5) is 0. The van der Waals surface area contributed by atoms with Gasteiger partial charge in [0.2, 0.25) is 8.32 Å². The van der Waals surface area contributed by atoms with Gasteiger partial charge in [-0.05, 0) is 30.6 Å². The lowest BCUT2D eigenvalue weighted by Gasteiger charge is -2.36. The number of rotatable bonds is 4. The van der Waals surface area contributed by atoms with Crippen LogP contribution in [0.15, 0.2) is 16.9 Å². The Morgan fingerprint density at radius 1 is 1.39 bits per heavy atom. The minimum absolute atomic E-state index is 0.268. The molecule has 18 heavy (non-hydrogen) atoms. The Kier molecular flexibility index (Phi) is 4.64. The van der Waals surface area contributed by atoms with Gasteiger partial charge >= 0.3 is 0 Å². The highest BCUT2D eigenvalue weighted by molar-refractivity contribution is 6.74. The minimum Gasteiger partial charge on any atom is -0.547 e. The third kappa shape index (κ3) is 4.16. The molecule has 0 fully saturated rings. The molecule has 1 aliphatic carbocycles. The maximum atomic E-state index is 6.32. The predicted octanol–water partition coefficient (Wildman–Crippen LogP) is 3.85. The van der Waals surface area contributed by atoms with Gasteiger partial charge in [0.05, 0.1) is 5.76 Å². The highest BCUT2D eigenvalue weighted by atomic mass is 28.4. The summed E-state index contributed by atoms with van der Waals surface area (Å²) in [5.74, 6) is 1.61. The van der Waals surface area contributed by atoms with Gasteiger partial charge in [0.1, 0.15) is 0 Å². The van der Waals surface area contributed by atoms with Crippen LogP contribution in [0.4, 0.5) is 0 Å². The summed E-state index contributed by atoms with van der Waals surface area (Å²) in [6, 6.07) is 0. The Labute approximate surface area is 113 Å². The van der Waals surface area contributed by atoms with E-state index in [2.05, 4.69) is 45.0 Å². The van der Waals surface area contributed by atoms with E-state index in [0.717, 1.165) is 12.8 Å². The highest BCUT2D eigenvalue weighted by Crippen LogP contribution is 2.39. The van der Waals surface area contributed by atoms with Crippen molar-refractivity contribution in [2.75, 3.05) is 14.1 Å². The van der Waals surface area contributed by atoms with Gasteiger partial charge in [-0.2, -0.15) is 5.10 Å². The van der Waals surface area contributed by atoms with Crippen LogP contribution in [-0.2, 0) is 4.43 Å².